The van der Waals surface area contributed by atoms with Gasteiger partial charge in [-0.05, 0) is 17.7 Å². The first-order valence-electron chi connectivity index (χ1n) is 5.58. The van der Waals surface area contributed by atoms with Crippen molar-refractivity contribution < 1.29 is 14.4 Å². The molecule has 0 spiro atoms. The van der Waals surface area contributed by atoms with Crippen molar-refractivity contribution in [3.8, 4) is 0 Å². The van der Waals surface area contributed by atoms with Crippen LogP contribution >= 0.6 is 7.60 Å². The number of hydrogen-bond donors (Lipinski definition) is 2. The zero-order chi connectivity index (χ0) is 13.5. The van der Waals surface area contributed by atoms with Crippen molar-refractivity contribution in [2.24, 2.45) is 0 Å². The van der Waals surface area contributed by atoms with E-state index in [1.807, 2.05) is 30.3 Å². The third kappa shape index (κ3) is 2.17. The van der Waals surface area contributed by atoms with Crippen LogP contribution in [0.5, 0.6) is 0 Å². The highest BCUT2D eigenvalue weighted by molar-refractivity contribution is 7.53. The first-order valence-corrected chi connectivity index (χ1v) is 7.26. The number of anilines is 1. The molecule has 2 rings (SSSR count). The Balaban J connectivity index is 2.61. The molecule has 1 aromatic carbocycles. The molecule has 6 heteroatoms. The molecule has 5 nitrogen and oxygen atoms in total. The molecule has 2 N–H and O–H groups in total. The van der Waals surface area contributed by atoms with Gasteiger partial charge in [0.1, 0.15) is 0 Å². The van der Waals surface area contributed by atoms with Crippen LogP contribution in [0.1, 0.15) is 5.56 Å². The van der Waals surface area contributed by atoms with E-state index in [4.69, 9.17) is 0 Å². The van der Waals surface area contributed by atoms with Gasteiger partial charge in [0.05, 0.1) is 0 Å². The summed E-state index contributed by atoms with van der Waals surface area (Å²) >= 11 is 0. The van der Waals surface area contributed by atoms with E-state index >= 15 is 0 Å². The zero-order valence-electron chi connectivity index (χ0n) is 10.6. The van der Waals surface area contributed by atoms with Gasteiger partial charge in [-0.15, -0.1) is 0 Å². The molecule has 1 aromatic rings. The lowest BCUT2D eigenvalue weighted by molar-refractivity contribution is 0.351. The number of para-hydroxylation sites is 1. The third-order valence-electron chi connectivity index (χ3n) is 3.09. The van der Waals surface area contributed by atoms with Crippen LogP contribution in [-0.2, 0) is 4.57 Å². The Hall–Kier alpha value is -1.29. The van der Waals surface area contributed by atoms with Crippen LogP contribution in [0.15, 0.2) is 30.0 Å². The summed E-state index contributed by atoms with van der Waals surface area (Å²) in [5.74, 6) is -0.928. The van der Waals surface area contributed by atoms with Gasteiger partial charge < -0.3 is 19.6 Å². The number of likely N-dealkylation sites (N-methyl/N-ethyl adjacent to an activating group) is 2. The fourth-order valence-corrected chi connectivity index (χ4v) is 3.48. The number of fused-ring (bicyclic) bond motifs is 1. The van der Waals surface area contributed by atoms with Crippen LogP contribution in [0.25, 0.3) is 6.08 Å². The molecule has 1 aliphatic rings. The molecule has 0 aliphatic carbocycles. The van der Waals surface area contributed by atoms with Crippen LogP contribution in [0.2, 0.25) is 0 Å². The number of rotatable bonds is 2. The van der Waals surface area contributed by atoms with Crippen molar-refractivity contribution in [1.29, 1.82) is 0 Å². The molecule has 1 aliphatic heterocycles. The molecule has 0 saturated carbocycles. The summed E-state index contributed by atoms with van der Waals surface area (Å²) < 4.78 is 11.7. The number of nitrogens with zero attached hydrogens (tertiary/aromatic N) is 2. The number of hydrogen-bond acceptors (Lipinski definition) is 3. The second-order valence-corrected chi connectivity index (χ2v) is 6.26. The van der Waals surface area contributed by atoms with E-state index in [0.717, 1.165) is 11.3 Å². The van der Waals surface area contributed by atoms with Gasteiger partial charge >= 0.3 is 7.60 Å². The minimum absolute atomic E-state index is 0.615. The Morgan fingerprint density at radius 2 is 1.89 bits per heavy atom. The molecule has 0 radical (unpaired) electrons. The minimum atomic E-state index is -4.25. The molecule has 1 unspecified atom stereocenters. The van der Waals surface area contributed by atoms with Gasteiger partial charge in [-0.2, -0.15) is 0 Å². The Kier molecular flexibility index (Phi) is 3.23. The summed E-state index contributed by atoms with van der Waals surface area (Å²) in [4.78, 5) is 22.5. The maximum atomic E-state index is 11.7. The van der Waals surface area contributed by atoms with E-state index < -0.39 is 13.4 Å². The molecular weight excluding hydrogens is 251 g/mol. The molecule has 18 heavy (non-hydrogen) atoms. The van der Waals surface area contributed by atoms with Crippen molar-refractivity contribution >= 4 is 19.4 Å². The quantitative estimate of drug-likeness (QED) is 0.797. The second-order valence-electron chi connectivity index (χ2n) is 4.60. The van der Waals surface area contributed by atoms with Crippen molar-refractivity contribution in [3.63, 3.8) is 0 Å². The van der Waals surface area contributed by atoms with Gasteiger partial charge in [-0.3, -0.25) is 4.57 Å². The first-order chi connectivity index (χ1) is 8.32. The highest BCUT2D eigenvalue weighted by Crippen LogP contribution is 2.50. The predicted octanol–water partition coefficient (Wildman–Crippen LogP) is 1.54. The summed E-state index contributed by atoms with van der Waals surface area (Å²) in [7, 11) is 1.04. The van der Waals surface area contributed by atoms with E-state index in [2.05, 4.69) is 0 Å². The van der Waals surface area contributed by atoms with Crippen LogP contribution in [0, 0.1) is 0 Å². The van der Waals surface area contributed by atoms with E-state index in [1.54, 1.807) is 30.9 Å². The van der Waals surface area contributed by atoms with E-state index in [0.29, 0.717) is 5.70 Å². The Morgan fingerprint density at radius 1 is 1.28 bits per heavy atom. The SMILES string of the molecule is CN(C)C1=Cc2ccccc2N(C)C1P(=O)(O)O. The lowest BCUT2D eigenvalue weighted by atomic mass is 10.1. The molecule has 0 fully saturated rings. The van der Waals surface area contributed by atoms with Crippen molar-refractivity contribution in [1.82, 2.24) is 4.90 Å². The predicted molar refractivity (Wildman–Crippen MR) is 72.3 cm³/mol. The largest absolute Gasteiger partial charge is 0.379 e. The highest BCUT2D eigenvalue weighted by Gasteiger charge is 2.39. The topological polar surface area (TPSA) is 64.0 Å². The molecule has 1 atom stereocenters. The summed E-state index contributed by atoms with van der Waals surface area (Å²) in [6.07, 6.45) is 1.83. The highest BCUT2D eigenvalue weighted by atomic mass is 31.2. The summed E-state index contributed by atoms with van der Waals surface area (Å²) in [6.45, 7) is 0. The van der Waals surface area contributed by atoms with Gasteiger partial charge in [0.25, 0.3) is 0 Å². The molecule has 98 valence electrons. The first kappa shape index (κ1) is 13.1. The zero-order valence-corrected chi connectivity index (χ0v) is 11.5. The van der Waals surface area contributed by atoms with Crippen molar-refractivity contribution in [2.75, 3.05) is 26.0 Å². The smallest absolute Gasteiger partial charge is 0.353 e. The molecule has 1 heterocycles. The van der Waals surface area contributed by atoms with Crippen LogP contribution in [0.4, 0.5) is 5.69 Å². The Labute approximate surface area is 106 Å². The maximum Gasteiger partial charge on any atom is 0.353 e. The van der Waals surface area contributed by atoms with Crippen LogP contribution in [0.3, 0.4) is 0 Å². The summed E-state index contributed by atoms with van der Waals surface area (Å²) in [5, 5.41) is 0. The fourth-order valence-electron chi connectivity index (χ4n) is 2.25. The van der Waals surface area contributed by atoms with Crippen LogP contribution in [-0.4, -0.2) is 41.6 Å². The Bertz CT molecular complexity index is 536. The van der Waals surface area contributed by atoms with E-state index in [1.165, 1.54) is 0 Å². The molecule has 0 aromatic heterocycles. The summed E-state index contributed by atoms with van der Waals surface area (Å²) in [6, 6.07) is 7.57. The second kappa shape index (κ2) is 4.43. The van der Waals surface area contributed by atoms with Gasteiger partial charge in [-0.25, -0.2) is 0 Å². The monoisotopic (exact) mass is 268 g/mol. The lowest BCUT2D eigenvalue weighted by Crippen LogP contribution is -2.40. The van der Waals surface area contributed by atoms with Gasteiger partial charge in [0.2, 0.25) is 0 Å². The number of benzene rings is 1. The van der Waals surface area contributed by atoms with Crippen molar-refractivity contribution in [3.05, 3.63) is 35.5 Å². The van der Waals surface area contributed by atoms with Gasteiger partial charge in [0.15, 0.2) is 5.78 Å². The fraction of sp³-hybridized carbons (Fsp3) is 0.333. The molecule has 0 amide bonds. The maximum absolute atomic E-state index is 11.7. The van der Waals surface area contributed by atoms with E-state index in [-0.39, 0.29) is 0 Å². The van der Waals surface area contributed by atoms with Gasteiger partial charge in [0, 0.05) is 32.5 Å². The molecular formula is C12H17N2O3P. The van der Waals surface area contributed by atoms with Gasteiger partial charge in [-0.1, -0.05) is 18.2 Å². The Morgan fingerprint density at radius 3 is 2.44 bits per heavy atom. The van der Waals surface area contributed by atoms with E-state index in [9.17, 15) is 14.4 Å². The molecule has 0 saturated heterocycles. The normalized spacial score (nSPS) is 19.3. The average Bonchev–Trinajstić information content (AvgIpc) is 2.27. The minimum Gasteiger partial charge on any atom is -0.379 e. The summed E-state index contributed by atoms with van der Waals surface area (Å²) in [5.41, 5.74) is 2.41. The average molecular weight is 268 g/mol. The lowest BCUT2D eigenvalue weighted by Gasteiger charge is -2.38. The van der Waals surface area contributed by atoms with Crippen LogP contribution < -0.4 is 4.90 Å². The third-order valence-corrected chi connectivity index (χ3v) is 4.33. The molecule has 0 bridgehead atoms. The standard InChI is InChI=1S/C12H17N2O3P/c1-13(2)11-8-9-6-4-5-7-10(9)14(3)12(11)18(15,16)17/h4-8,12H,1-3H3,(H2,15,16,17). The van der Waals surface area contributed by atoms with Crippen molar-refractivity contribution in [2.45, 2.75) is 5.78 Å².